The molecular weight excluding hydrogens is 292 g/mol. The SMILES string of the molecule is C=Cc1nn(C2CCCCO2)c2ccc(Br)cc12. The van der Waals surface area contributed by atoms with Gasteiger partial charge >= 0.3 is 0 Å². The summed E-state index contributed by atoms with van der Waals surface area (Å²) in [5, 5.41) is 5.74. The number of nitrogens with zero attached hydrogens (tertiary/aromatic N) is 2. The largest absolute Gasteiger partial charge is 0.356 e. The van der Waals surface area contributed by atoms with Gasteiger partial charge in [-0.3, -0.25) is 0 Å². The molecule has 3 rings (SSSR count). The zero-order chi connectivity index (χ0) is 12.5. The fourth-order valence-electron chi connectivity index (χ4n) is 2.42. The Morgan fingerprint density at radius 3 is 3.06 bits per heavy atom. The van der Waals surface area contributed by atoms with Gasteiger partial charge in [0.15, 0.2) is 6.23 Å². The molecule has 0 radical (unpaired) electrons. The molecule has 1 fully saturated rings. The summed E-state index contributed by atoms with van der Waals surface area (Å²) in [6, 6.07) is 6.20. The van der Waals surface area contributed by atoms with Gasteiger partial charge in [-0.15, -0.1) is 0 Å². The third kappa shape index (κ3) is 1.99. The summed E-state index contributed by atoms with van der Waals surface area (Å²) in [6.07, 6.45) is 5.25. The lowest BCUT2D eigenvalue weighted by molar-refractivity contribution is -0.0367. The van der Waals surface area contributed by atoms with Crippen LogP contribution in [0.1, 0.15) is 31.2 Å². The van der Waals surface area contributed by atoms with E-state index in [-0.39, 0.29) is 6.23 Å². The van der Waals surface area contributed by atoms with Crippen LogP contribution in [0.5, 0.6) is 0 Å². The van der Waals surface area contributed by atoms with E-state index in [4.69, 9.17) is 4.74 Å². The van der Waals surface area contributed by atoms with Gasteiger partial charge in [0, 0.05) is 16.5 Å². The molecule has 1 aromatic carbocycles. The van der Waals surface area contributed by atoms with Crippen molar-refractivity contribution >= 4 is 32.9 Å². The third-order valence-corrected chi connectivity index (χ3v) is 3.81. The van der Waals surface area contributed by atoms with Crippen LogP contribution in [0.15, 0.2) is 29.3 Å². The van der Waals surface area contributed by atoms with Gasteiger partial charge in [-0.05, 0) is 43.5 Å². The van der Waals surface area contributed by atoms with E-state index in [9.17, 15) is 0 Å². The number of halogens is 1. The van der Waals surface area contributed by atoms with Gasteiger partial charge in [0.25, 0.3) is 0 Å². The smallest absolute Gasteiger partial charge is 0.150 e. The quantitative estimate of drug-likeness (QED) is 0.833. The highest BCUT2D eigenvalue weighted by Gasteiger charge is 2.20. The van der Waals surface area contributed by atoms with Gasteiger partial charge < -0.3 is 4.74 Å². The van der Waals surface area contributed by atoms with Crippen LogP contribution in [-0.2, 0) is 4.74 Å². The molecule has 0 aliphatic carbocycles. The molecule has 1 unspecified atom stereocenters. The maximum Gasteiger partial charge on any atom is 0.150 e. The minimum atomic E-state index is 0.0659. The first-order valence-electron chi connectivity index (χ1n) is 6.21. The Kier molecular flexibility index (Phi) is 3.22. The second-order valence-corrected chi connectivity index (χ2v) is 5.43. The second kappa shape index (κ2) is 4.86. The minimum Gasteiger partial charge on any atom is -0.356 e. The molecular formula is C14H15BrN2O. The number of hydrogen-bond donors (Lipinski definition) is 0. The average molecular weight is 307 g/mol. The molecule has 2 aromatic rings. The number of ether oxygens (including phenoxy) is 1. The lowest BCUT2D eigenvalue weighted by Crippen LogP contribution is -2.19. The Bertz CT molecular complexity index is 585. The van der Waals surface area contributed by atoms with E-state index in [1.807, 2.05) is 10.7 Å². The van der Waals surface area contributed by atoms with Crippen molar-refractivity contribution in [3.63, 3.8) is 0 Å². The fourth-order valence-corrected chi connectivity index (χ4v) is 2.79. The Labute approximate surface area is 115 Å². The van der Waals surface area contributed by atoms with Crippen molar-refractivity contribution in [1.29, 1.82) is 0 Å². The van der Waals surface area contributed by atoms with E-state index in [0.717, 1.165) is 40.5 Å². The number of fused-ring (bicyclic) bond motifs is 1. The number of rotatable bonds is 2. The summed E-state index contributed by atoms with van der Waals surface area (Å²) < 4.78 is 8.87. The van der Waals surface area contributed by atoms with Crippen molar-refractivity contribution in [2.24, 2.45) is 0 Å². The van der Waals surface area contributed by atoms with Crippen LogP contribution < -0.4 is 0 Å². The zero-order valence-corrected chi connectivity index (χ0v) is 11.7. The van der Waals surface area contributed by atoms with Crippen LogP contribution in [0.25, 0.3) is 17.0 Å². The molecule has 0 saturated carbocycles. The summed E-state index contributed by atoms with van der Waals surface area (Å²) >= 11 is 3.50. The molecule has 1 aromatic heterocycles. The average Bonchev–Trinajstić information content (AvgIpc) is 2.77. The highest BCUT2D eigenvalue weighted by atomic mass is 79.9. The number of benzene rings is 1. The predicted octanol–water partition coefficient (Wildman–Crippen LogP) is 4.14. The van der Waals surface area contributed by atoms with Crippen LogP contribution in [-0.4, -0.2) is 16.4 Å². The minimum absolute atomic E-state index is 0.0659. The van der Waals surface area contributed by atoms with Crippen molar-refractivity contribution in [2.75, 3.05) is 6.61 Å². The molecule has 0 amide bonds. The first kappa shape index (κ1) is 11.9. The summed E-state index contributed by atoms with van der Waals surface area (Å²) in [5.41, 5.74) is 2.03. The molecule has 3 nitrogen and oxygen atoms in total. The lowest BCUT2D eigenvalue weighted by atomic mass is 10.2. The highest BCUT2D eigenvalue weighted by Crippen LogP contribution is 2.30. The molecule has 18 heavy (non-hydrogen) atoms. The fraction of sp³-hybridized carbons (Fsp3) is 0.357. The topological polar surface area (TPSA) is 27.1 Å². The van der Waals surface area contributed by atoms with Gasteiger partial charge in [0.1, 0.15) is 0 Å². The van der Waals surface area contributed by atoms with Crippen LogP contribution in [0, 0.1) is 0 Å². The van der Waals surface area contributed by atoms with Crippen LogP contribution >= 0.6 is 15.9 Å². The van der Waals surface area contributed by atoms with Gasteiger partial charge in [0.05, 0.1) is 11.2 Å². The van der Waals surface area contributed by atoms with Crippen molar-refractivity contribution in [2.45, 2.75) is 25.5 Å². The molecule has 1 aliphatic rings. The molecule has 1 atom stereocenters. The Morgan fingerprint density at radius 1 is 1.44 bits per heavy atom. The third-order valence-electron chi connectivity index (χ3n) is 3.32. The molecule has 2 heterocycles. The summed E-state index contributed by atoms with van der Waals surface area (Å²) in [6.45, 7) is 4.66. The highest BCUT2D eigenvalue weighted by molar-refractivity contribution is 9.10. The van der Waals surface area contributed by atoms with Crippen LogP contribution in [0.4, 0.5) is 0 Å². The lowest BCUT2D eigenvalue weighted by Gasteiger charge is -2.23. The van der Waals surface area contributed by atoms with Crippen LogP contribution in [0.2, 0.25) is 0 Å². The van der Waals surface area contributed by atoms with E-state index in [0.29, 0.717) is 0 Å². The van der Waals surface area contributed by atoms with E-state index < -0.39 is 0 Å². The molecule has 1 aliphatic heterocycles. The maximum absolute atomic E-state index is 5.81. The maximum atomic E-state index is 5.81. The van der Waals surface area contributed by atoms with Gasteiger partial charge in [-0.2, -0.15) is 5.10 Å². The summed E-state index contributed by atoms with van der Waals surface area (Å²) in [7, 11) is 0. The van der Waals surface area contributed by atoms with E-state index in [1.165, 1.54) is 6.42 Å². The molecule has 4 heteroatoms. The van der Waals surface area contributed by atoms with Gasteiger partial charge in [-0.1, -0.05) is 22.5 Å². The van der Waals surface area contributed by atoms with E-state index in [2.05, 4.69) is 39.7 Å². The molecule has 94 valence electrons. The first-order valence-corrected chi connectivity index (χ1v) is 7.00. The Morgan fingerprint density at radius 2 is 2.33 bits per heavy atom. The standard InChI is InChI=1S/C14H15BrN2O/c1-2-12-11-9-10(15)6-7-13(11)17(16-12)14-5-3-4-8-18-14/h2,6-7,9,14H,1,3-5,8H2. The van der Waals surface area contributed by atoms with Crippen molar-refractivity contribution < 1.29 is 4.74 Å². The van der Waals surface area contributed by atoms with Gasteiger partial charge in [-0.25, -0.2) is 4.68 Å². The predicted molar refractivity (Wildman–Crippen MR) is 76.4 cm³/mol. The van der Waals surface area contributed by atoms with Crippen molar-refractivity contribution in [1.82, 2.24) is 9.78 Å². The van der Waals surface area contributed by atoms with Crippen molar-refractivity contribution in [3.8, 4) is 0 Å². The second-order valence-electron chi connectivity index (χ2n) is 4.52. The number of hydrogen-bond acceptors (Lipinski definition) is 2. The Hall–Kier alpha value is -1.13. The molecule has 1 saturated heterocycles. The van der Waals surface area contributed by atoms with Gasteiger partial charge in [0.2, 0.25) is 0 Å². The number of aromatic nitrogens is 2. The van der Waals surface area contributed by atoms with E-state index >= 15 is 0 Å². The summed E-state index contributed by atoms with van der Waals surface area (Å²) in [4.78, 5) is 0. The zero-order valence-electron chi connectivity index (χ0n) is 10.1. The molecule has 0 N–H and O–H groups in total. The normalized spacial score (nSPS) is 20.2. The summed E-state index contributed by atoms with van der Waals surface area (Å²) in [5.74, 6) is 0. The molecule has 0 spiro atoms. The first-order chi connectivity index (χ1) is 8.79. The monoisotopic (exact) mass is 306 g/mol. The molecule has 0 bridgehead atoms. The van der Waals surface area contributed by atoms with E-state index in [1.54, 1.807) is 6.08 Å². The van der Waals surface area contributed by atoms with Crippen LogP contribution in [0.3, 0.4) is 0 Å². The Balaban J connectivity index is 2.13. The van der Waals surface area contributed by atoms with Crippen molar-refractivity contribution in [3.05, 3.63) is 34.9 Å².